The fourth-order valence-corrected chi connectivity index (χ4v) is 2.37. The zero-order valence-electron chi connectivity index (χ0n) is 10.6. The zero-order chi connectivity index (χ0) is 12.7. The summed E-state index contributed by atoms with van der Waals surface area (Å²) in [6, 6.07) is 5.54. The Morgan fingerprint density at radius 3 is 2.29 bits per heavy atom. The van der Waals surface area contributed by atoms with Gasteiger partial charge in [-0.05, 0) is 30.1 Å². The van der Waals surface area contributed by atoms with E-state index in [1.54, 1.807) is 14.2 Å². The predicted molar refractivity (Wildman–Crippen MR) is 72.1 cm³/mol. The first-order valence-corrected chi connectivity index (χ1v) is 6.86. The van der Waals surface area contributed by atoms with E-state index in [1.165, 1.54) is 0 Å². The molecule has 1 atom stereocenters. The van der Waals surface area contributed by atoms with Gasteiger partial charge in [0.1, 0.15) is 11.5 Å². The standard InChI is InChI=1S/C13H20O3S/c1-4-17-9-8-10(14)13-11(15-2)6-5-7-12(13)16-3/h5-7,10,14H,4,8-9H2,1-3H3. The van der Waals surface area contributed by atoms with Crippen LogP contribution in [0.2, 0.25) is 0 Å². The average Bonchev–Trinajstić information content (AvgIpc) is 2.37. The van der Waals surface area contributed by atoms with Crippen molar-refractivity contribution in [1.82, 2.24) is 0 Å². The number of rotatable bonds is 7. The Kier molecular flexibility index (Phi) is 6.22. The molecular weight excluding hydrogens is 236 g/mol. The van der Waals surface area contributed by atoms with Crippen LogP contribution in [0.25, 0.3) is 0 Å². The monoisotopic (exact) mass is 256 g/mol. The Labute approximate surface area is 107 Å². The van der Waals surface area contributed by atoms with Crippen LogP contribution in [0.1, 0.15) is 25.0 Å². The number of ether oxygens (including phenoxy) is 2. The molecule has 0 aliphatic rings. The Morgan fingerprint density at radius 2 is 1.82 bits per heavy atom. The lowest BCUT2D eigenvalue weighted by atomic mass is 10.0. The van der Waals surface area contributed by atoms with Crippen LogP contribution < -0.4 is 9.47 Å². The normalized spacial score (nSPS) is 12.2. The molecular formula is C13H20O3S. The summed E-state index contributed by atoms with van der Waals surface area (Å²) in [5, 5.41) is 10.2. The van der Waals surface area contributed by atoms with Gasteiger partial charge in [-0.3, -0.25) is 0 Å². The molecule has 0 saturated carbocycles. The van der Waals surface area contributed by atoms with Gasteiger partial charge in [-0.25, -0.2) is 0 Å². The summed E-state index contributed by atoms with van der Waals surface area (Å²) in [5.41, 5.74) is 0.745. The van der Waals surface area contributed by atoms with E-state index in [4.69, 9.17) is 9.47 Å². The third-order valence-corrected chi connectivity index (χ3v) is 3.47. The molecule has 1 unspecified atom stereocenters. The number of benzene rings is 1. The number of methoxy groups -OCH3 is 2. The van der Waals surface area contributed by atoms with Gasteiger partial charge in [0.25, 0.3) is 0 Å². The molecule has 17 heavy (non-hydrogen) atoms. The highest BCUT2D eigenvalue weighted by atomic mass is 32.2. The molecule has 1 N–H and O–H groups in total. The van der Waals surface area contributed by atoms with Gasteiger partial charge < -0.3 is 14.6 Å². The van der Waals surface area contributed by atoms with Crippen LogP contribution >= 0.6 is 11.8 Å². The van der Waals surface area contributed by atoms with Crippen molar-refractivity contribution in [3.63, 3.8) is 0 Å². The van der Waals surface area contributed by atoms with Gasteiger partial charge in [-0.1, -0.05) is 13.0 Å². The van der Waals surface area contributed by atoms with Gasteiger partial charge in [0.15, 0.2) is 0 Å². The molecule has 0 fully saturated rings. The molecule has 0 heterocycles. The quantitative estimate of drug-likeness (QED) is 0.761. The van der Waals surface area contributed by atoms with Gasteiger partial charge in [-0.2, -0.15) is 11.8 Å². The second-order valence-corrected chi connectivity index (χ2v) is 4.97. The molecule has 0 aromatic heterocycles. The Hall–Kier alpha value is -0.870. The number of aliphatic hydroxyl groups excluding tert-OH is 1. The fraction of sp³-hybridized carbons (Fsp3) is 0.538. The minimum atomic E-state index is -0.542. The molecule has 96 valence electrons. The summed E-state index contributed by atoms with van der Waals surface area (Å²) in [4.78, 5) is 0. The lowest BCUT2D eigenvalue weighted by molar-refractivity contribution is 0.166. The number of hydrogen-bond donors (Lipinski definition) is 1. The predicted octanol–water partition coefficient (Wildman–Crippen LogP) is 2.88. The molecule has 0 spiro atoms. The van der Waals surface area contributed by atoms with E-state index in [-0.39, 0.29) is 0 Å². The Morgan fingerprint density at radius 1 is 1.24 bits per heavy atom. The molecule has 1 rings (SSSR count). The van der Waals surface area contributed by atoms with Gasteiger partial charge in [-0.15, -0.1) is 0 Å². The third-order valence-electron chi connectivity index (χ3n) is 2.54. The second kappa shape index (κ2) is 7.45. The van der Waals surface area contributed by atoms with Crippen molar-refractivity contribution in [2.75, 3.05) is 25.7 Å². The number of aliphatic hydroxyl groups is 1. The topological polar surface area (TPSA) is 38.7 Å². The molecule has 0 saturated heterocycles. The van der Waals surface area contributed by atoms with E-state index < -0.39 is 6.10 Å². The van der Waals surface area contributed by atoms with Crippen LogP contribution in [0.15, 0.2) is 18.2 Å². The van der Waals surface area contributed by atoms with Crippen LogP contribution in [0.4, 0.5) is 0 Å². The summed E-state index contributed by atoms with van der Waals surface area (Å²) in [7, 11) is 3.21. The molecule has 1 aromatic carbocycles. The molecule has 0 radical (unpaired) electrons. The van der Waals surface area contributed by atoms with Crippen LogP contribution in [-0.4, -0.2) is 30.8 Å². The minimum absolute atomic E-state index is 0.542. The van der Waals surface area contributed by atoms with E-state index in [0.29, 0.717) is 17.9 Å². The van der Waals surface area contributed by atoms with Crippen molar-refractivity contribution < 1.29 is 14.6 Å². The first-order valence-electron chi connectivity index (χ1n) is 5.71. The number of thioether (sulfide) groups is 1. The summed E-state index contributed by atoms with van der Waals surface area (Å²) in [6.45, 7) is 2.11. The average molecular weight is 256 g/mol. The maximum Gasteiger partial charge on any atom is 0.128 e. The first kappa shape index (κ1) is 14.2. The van der Waals surface area contributed by atoms with Crippen molar-refractivity contribution in [3.8, 4) is 11.5 Å². The molecule has 3 nitrogen and oxygen atoms in total. The van der Waals surface area contributed by atoms with E-state index >= 15 is 0 Å². The molecule has 0 aliphatic heterocycles. The van der Waals surface area contributed by atoms with E-state index in [2.05, 4.69) is 6.92 Å². The van der Waals surface area contributed by atoms with Crippen LogP contribution in [0.5, 0.6) is 11.5 Å². The van der Waals surface area contributed by atoms with Crippen molar-refractivity contribution in [2.45, 2.75) is 19.4 Å². The summed E-state index contributed by atoms with van der Waals surface area (Å²) in [6.07, 6.45) is 0.162. The van der Waals surface area contributed by atoms with E-state index in [1.807, 2.05) is 30.0 Å². The van der Waals surface area contributed by atoms with Gasteiger partial charge in [0.2, 0.25) is 0 Å². The van der Waals surface area contributed by atoms with Gasteiger partial charge in [0, 0.05) is 0 Å². The molecule has 0 aliphatic carbocycles. The lowest BCUT2D eigenvalue weighted by Gasteiger charge is -2.17. The summed E-state index contributed by atoms with van der Waals surface area (Å²) >= 11 is 1.82. The van der Waals surface area contributed by atoms with Crippen LogP contribution in [0.3, 0.4) is 0 Å². The van der Waals surface area contributed by atoms with Crippen molar-refractivity contribution in [2.24, 2.45) is 0 Å². The van der Waals surface area contributed by atoms with E-state index in [0.717, 1.165) is 17.1 Å². The van der Waals surface area contributed by atoms with Crippen molar-refractivity contribution in [1.29, 1.82) is 0 Å². The zero-order valence-corrected chi connectivity index (χ0v) is 11.4. The fourth-order valence-electron chi connectivity index (χ4n) is 1.69. The Bertz CT molecular complexity index is 319. The molecule has 1 aromatic rings. The first-order chi connectivity index (χ1) is 8.24. The maximum absolute atomic E-state index is 10.2. The highest BCUT2D eigenvalue weighted by Crippen LogP contribution is 2.35. The molecule has 4 heteroatoms. The molecule has 0 bridgehead atoms. The summed E-state index contributed by atoms with van der Waals surface area (Å²) < 4.78 is 10.5. The van der Waals surface area contributed by atoms with Gasteiger partial charge >= 0.3 is 0 Å². The van der Waals surface area contributed by atoms with Crippen molar-refractivity contribution in [3.05, 3.63) is 23.8 Å². The highest BCUT2D eigenvalue weighted by Gasteiger charge is 2.18. The SMILES string of the molecule is CCSCCC(O)c1c(OC)cccc1OC. The van der Waals surface area contributed by atoms with Crippen LogP contribution in [-0.2, 0) is 0 Å². The lowest BCUT2D eigenvalue weighted by Crippen LogP contribution is -2.04. The van der Waals surface area contributed by atoms with E-state index in [9.17, 15) is 5.11 Å². The Balaban J connectivity index is 2.85. The number of hydrogen-bond acceptors (Lipinski definition) is 4. The smallest absolute Gasteiger partial charge is 0.128 e. The molecule has 0 amide bonds. The second-order valence-electron chi connectivity index (χ2n) is 3.58. The highest BCUT2D eigenvalue weighted by molar-refractivity contribution is 7.99. The van der Waals surface area contributed by atoms with Crippen LogP contribution in [0, 0.1) is 0 Å². The summed E-state index contributed by atoms with van der Waals surface area (Å²) in [5.74, 6) is 3.35. The minimum Gasteiger partial charge on any atom is -0.496 e. The van der Waals surface area contributed by atoms with Crippen molar-refractivity contribution >= 4 is 11.8 Å². The maximum atomic E-state index is 10.2. The van der Waals surface area contributed by atoms with Gasteiger partial charge in [0.05, 0.1) is 25.9 Å². The third kappa shape index (κ3) is 3.82. The largest absolute Gasteiger partial charge is 0.496 e.